The number of rotatable bonds is 7. The summed E-state index contributed by atoms with van der Waals surface area (Å²) in [6.07, 6.45) is 6.45. The molecule has 1 aliphatic rings. The van der Waals surface area contributed by atoms with Gasteiger partial charge in [0.25, 0.3) is 0 Å². The summed E-state index contributed by atoms with van der Waals surface area (Å²) in [6.45, 7) is 2.13. The number of anilines is 1. The van der Waals surface area contributed by atoms with Gasteiger partial charge >= 0.3 is 0 Å². The molecule has 0 radical (unpaired) electrons. The molecular formula is C17H26N2O4S. The molecule has 2 rings (SSSR count). The lowest BCUT2D eigenvalue weighted by Crippen LogP contribution is -2.44. The van der Waals surface area contributed by atoms with E-state index < -0.39 is 10.0 Å². The molecule has 6 nitrogen and oxygen atoms in total. The fourth-order valence-corrected chi connectivity index (χ4v) is 3.79. The first-order chi connectivity index (χ1) is 11.4. The van der Waals surface area contributed by atoms with Gasteiger partial charge in [-0.05, 0) is 31.9 Å². The van der Waals surface area contributed by atoms with Gasteiger partial charge in [-0.25, -0.2) is 8.42 Å². The van der Waals surface area contributed by atoms with Gasteiger partial charge in [0.15, 0.2) is 0 Å². The summed E-state index contributed by atoms with van der Waals surface area (Å²) in [5, 5.41) is 2.95. The predicted molar refractivity (Wildman–Crippen MR) is 94.8 cm³/mol. The van der Waals surface area contributed by atoms with Crippen LogP contribution in [0.3, 0.4) is 0 Å². The van der Waals surface area contributed by atoms with Gasteiger partial charge in [0.2, 0.25) is 15.9 Å². The minimum Gasteiger partial charge on any atom is -0.494 e. The molecule has 1 aromatic carbocycles. The van der Waals surface area contributed by atoms with Crippen molar-refractivity contribution in [2.75, 3.05) is 23.7 Å². The molecule has 0 atom stereocenters. The number of carbonyl (C=O) groups is 1. The maximum absolute atomic E-state index is 12.3. The Morgan fingerprint density at radius 2 is 2.00 bits per heavy atom. The van der Waals surface area contributed by atoms with Gasteiger partial charge in [-0.2, -0.15) is 0 Å². The zero-order chi connectivity index (χ0) is 17.6. The fraction of sp³-hybridized carbons (Fsp3) is 0.588. The number of amides is 1. The molecule has 0 aliphatic heterocycles. The van der Waals surface area contributed by atoms with E-state index in [1.165, 1.54) is 6.42 Å². The molecule has 134 valence electrons. The number of hydrogen-bond donors (Lipinski definition) is 1. The second kappa shape index (κ2) is 8.37. The van der Waals surface area contributed by atoms with Crippen LogP contribution >= 0.6 is 0 Å². The van der Waals surface area contributed by atoms with Crippen LogP contribution in [0.4, 0.5) is 5.69 Å². The van der Waals surface area contributed by atoms with Crippen molar-refractivity contribution in [3.05, 3.63) is 24.3 Å². The standard InChI is InChI=1S/C17H26N2O4S/c1-3-23-16-11-7-10-15(12-16)19(24(2,21)22)13-17(20)18-14-8-5-4-6-9-14/h7,10-12,14H,3-6,8-9,13H2,1-2H3,(H,18,20). The van der Waals surface area contributed by atoms with E-state index in [-0.39, 0.29) is 18.5 Å². The lowest BCUT2D eigenvalue weighted by Gasteiger charge is -2.26. The first kappa shape index (κ1) is 18.6. The van der Waals surface area contributed by atoms with E-state index in [1.807, 2.05) is 6.92 Å². The number of nitrogens with zero attached hydrogens (tertiary/aromatic N) is 1. The Kier molecular flexibility index (Phi) is 6.48. The van der Waals surface area contributed by atoms with E-state index in [4.69, 9.17) is 4.74 Å². The summed E-state index contributed by atoms with van der Waals surface area (Å²) in [5.74, 6) is 0.311. The Morgan fingerprint density at radius 3 is 2.62 bits per heavy atom. The van der Waals surface area contributed by atoms with Crippen LogP contribution in [0.15, 0.2) is 24.3 Å². The molecule has 0 saturated heterocycles. The Bertz CT molecular complexity index is 654. The summed E-state index contributed by atoms with van der Waals surface area (Å²) >= 11 is 0. The average molecular weight is 354 g/mol. The van der Waals surface area contributed by atoms with Crippen LogP contribution in [0.5, 0.6) is 5.75 Å². The van der Waals surface area contributed by atoms with Gasteiger partial charge in [0.05, 0.1) is 18.6 Å². The van der Waals surface area contributed by atoms with Gasteiger partial charge in [-0.3, -0.25) is 9.10 Å². The van der Waals surface area contributed by atoms with E-state index in [0.29, 0.717) is 18.0 Å². The molecular weight excluding hydrogens is 328 g/mol. The molecule has 24 heavy (non-hydrogen) atoms. The number of ether oxygens (including phenoxy) is 1. The van der Waals surface area contributed by atoms with Crippen LogP contribution in [-0.4, -0.2) is 39.8 Å². The molecule has 0 heterocycles. The lowest BCUT2D eigenvalue weighted by atomic mass is 9.95. The van der Waals surface area contributed by atoms with E-state index >= 15 is 0 Å². The molecule has 0 spiro atoms. The number of nitrogens with one attached hydrogen (secondary N) is 1. The molecule has 0 bridgehead atoms. The lowest BCUT2D eigenvalue weighted by molar-refractivity contribution is -0.120. The number of carbonyl (C=O) groups excluding carboxylic acids is 1. The summed E-state index contributed by atoms with van der Waals surface area (Å²) in [5.41, 5.74) is 0.433. The number of sulfonamides is 1. The van der Waals surface area contributed by atoms with Crippen molar-refractivity contribution >= 4 is 21.6 Å². The van der Waals surface area contributed by atoms with Crippen LogP contribution < -0.4 is 14.4 Å². The minimum atomic E-state index is -3.57. The van der Waals surface area contributed by atoms with Gasteiger partial charge in [0, 0.05) is 12.1 Å². The second-order valence-electron chi connectivity index (χ2n) is 6.10. The van der Waals surface area contributed by atoms with E-state index in [0.717, 1.165) is 36.2 Å². The highest BCUT2D eigenvalue weighted by atomic mass is 32.2. The molecule has 1 aliphatic carbocycles. The highest BCUT2D eigenvalue weighted by molar-refractivity contribution is 7.92. The van der Waals surface area contributed by atoms with Crippen molar-refractivity contribution < 1.29 is 17.9 Å². The van der Waals surface area contributed by atoms with Crippen molar-refractivity contribution in [1.29, 1.82) is 0 Å². The molecule has 0 aromatic heterocycles. The van der Waals surface area contributed by atoms with E-state index in [1.54, 1.807) is 24.3 Å². The quantitative estimate of drug-likeness (QED) is 0.815. The zero-order valence-electron chi connectivity index (χ0n) is 14.3. The van der Waals surface area contributed by atoms with Crippen LogP contribution in [0, 0.1) is 0 Å². The van der Waals surface area contributed by atoms with Crippen molar-refractivity contribution in [2.45, 2.75) is 45.1 Å². The number of benzene rings is 1. The fourth-order valence-electron chi connectivity index (χ4n) is 2.95. The summed E-state index contributed by atoms with van der Waals surface area (Å²) in [6, 6.07) is 6.94. The normalized spacial score (nSPS) is 15.8. The van der Waals surface area contributed by atoms with Crippen molar-refractivity contribution in [1.82, 2.24) is 5.32 Å². The third-order valence-electron chi connectivity index (χ3n) is 4.07. The Labute approximate surface area is 144 Å². The Morgan fingerprint density at radius 1 is 1.29 bits per heavy atom. The highest BCUT2D eigenvalue weighted by Gasteiger charge is 2.23. The second-order valence-corrected chi connectivity index (χ2v) is 8.01. The average Bonchev–Trinajstić information content (AvgIpc) is 2.53. The predicted octanol–water partition coefficient (Wildman–Crippen LogP) is 2.30. The summed E-state index contributed by atoms with van der Waals surface area (Å²) in [7, 11) is -3.57. The van der Waals surface area contributed by atoms with E-state index in [2.05, 4.69) is 5.32 Å². The first-order valence-electron chi connectivity index (χ1n) is 8.40. The summed E-state index contributed by atoms with van der Waals surface area (Å²) in [4.78, 5) is 12.3. The number of hydrogen-bond acceptors (Lipinski definition) is 4. The van der Waals surface area contributed by atoms with Crippen molar-refractivity contribution in [2.24, 2.45) is 0 Å². The molecule has 1 amide bonds. The van der Waals surface area contributed by atoms with E-state index in [9.17, 15) is 13.2 Å². The van der Waals surface area contributed by atoms with Crippen LogP contribution in [0.1, 0.15) is 39.0 Å². The van der Waals surface area contributed by atoms with Crippen molar-refractivity contribution in [3.63, 3.8) is 0 Å². The molecule has 1 fully saturated rings. The van der Waals surface area contributed by atoms with Gasteiger partial charge in [-0.15, -0.1) is 0 Å². The molecule has 7 heteroatoms. The van der Waals surface area contributed by atoms with Gasteiger partial charge < -0.3 is 10.1 Å². The van der Waals surface area contributed by atoms with Gasteiger partial charge in [0.1, 0.15) is 12.3 Å². The topological polar surface area (TPSA) is 75.7 Å². The molecule has 1 aromatic rings. The molecule has 1 saturated carbocycles. The zero-order valence-corrected chi connectivity index (χ0v) is 15.1. The van der Waals surface area contributed by atoms with Crippen LogP contribution in [0.2, 0.25) is 0 Å². The van der Waals surface area contributed by atoms with Crippen molar-refractivity contribution in [3.8, 4) is 5.75 Å². The maximum Gasteiger partial charge on any atom is 0.240 e. The molecule has 1 N–H and O–H groups in total. The van der Waals surface area contributed by atoms with Crippen LogP contribution in [-0.2, 0) is 14.8 Å². The Hall–Kier alpha value is -1.76. The van der Waals surface area contributed by atoms with Crippen LogP contribution in [0.25, 0.3) is 0 Å². The largest absolute Gasteiger partial charge is 0.494 e. The summed E-state index contributed by atoms with van der Waals surface area (Å²) < 4.78 is 30.8. The SMILES string of the molecule is CCOc1cccc(N(CC(=O)NC2CCCCC2)S(C)(=O)=O)c1. The highest BCUT2D eigenvalue weighted by Crippen LogP contribution is 2.23. The smallest absolute Gasteiger partial charge is 0.240 e. The first-order valence-corrected chi connectivity index (χ1v) is 10.2. The monoisotopic (exact) mass is 354 g/mol. The minimum absolute atomic E-state index is 0.155. The van der Waals surface area contributed by atoms with Gasteiger partial charge in [-0.1, -0.05) is 25.3 Å². The maximum atomic E-state index is 12.3. The third kappa shape index (κ3) is 5.40. The molecule has 0 unspecified atom stereocenters. The third-order valence-corrected chi connectivity index (χ3v) is 5.22. The Balaban J connectivity index is 2.11.